The molecule has 0 fully saturated rings. The number of aromatic nitrogens is 4. The number of nitrogens with zero attached hydrogens (tertiary/aromatic N) is 4. The van der Waals surface area contributed by atoms with Crippen molar-refractivity contribution in [2.75, 3.05) is 12.3 Å². The normalized spacial score (nSPS) is 11.2. The number of anilines is 1. The summed E-state index contributed by atoms with van der Waals surface area (Å²) in [5, 5.41) is 5.33. The molecule has 130 valence electrons. The summed E-state index contributed by atoms with van der Waals surface area (Å²) in [6.07, 6.45) is 3.45. The highest BCUT2D eigenvalue weighted by Gasteiger charge is 2.21. The highest BCUT2D eigenvalue weighted by molar-refractivity contribution is 6.01. The number of carbonyl (C=O) groups excluding carboxylic acids is 1. The van der Waals surface area contributed by atoms with E-state index in [0.29, 0.717) is 12.3 Å². The van der Waals surface area contributed by atoms with Crippen LogP contribution in [0.15, 0.2) is 42.7 Å². The van der Waals surface area contributed by atoms with Gasteiger partial charge in [0.2, 0.25) is 5.88 Å². The minimum absolute atomic E-state index is 0.214. The van der Waals surface area contributed by atoms with Crippen LogP contribution in [0.25, 0.3) is 27.7 Å². The maximum atomic E-state index is 12.0. The molecule has 4 rings (SSSR count). The van der Waals surface area contributed by atoms with Gasteiger partial charge >= 0.3 is 0 Å². The molecule has 2 N–H and O–H groups in total. The van der Waals surface area contributed by atoms with Gasteiger partial charge in [-0.3, -0.25) is 9.78 Å². The van der Waals surface area contributed by atoms with E-state index in [1.165, 1.54) is 11.4 Å². The molecule has 0 saturated carbocycles. The van der Waals surface area contributed by atoms with Crippen LogP contribution >= 0.6 is 0 Å². The Hall–Kier alpha value is -3.48. The SMILES string of the molecule is CCOc1nc2c(-c3cnc4ccccc4c3)cnn2c(N)c1C(C)=O. The van der Waals surface area contributed by atoms with E-state index in [-0.39, 0.29) is 23.0 Å². The monoisotopic (exact) mass is 347 g/mol. The standard InChI is InChI=1S/C19H17N5O2/c1-3-26-19-16(11(2)25)17(20)24-18(23-19)14(10-22-24)13-8-12-6-4-5-7-15(12)21-9-13/h4-10H,3,20H2,1-2H3. The number of hydrogen-bond donors (Lipinski definition) is 1. The molecule has 7 heteroatoms. The van der Waals surface area contributed by atoms with Crippen molar-refractivity contribution >= 4 is 28.2 Å². The minimum Gasteiger partial charge on any atom is -0.477 e. The maximum absolute atomic E-state index is 12.0. The van der Waals surface area contributed by atoms with Crippen molar-refractivity contribution in [1.29, 1.82) is 0 Å². The zero-order chi connectivity index (χ0) is 18.3. The van der Waals surface area contributed by atoms with Gasteiger partial charge in [0.1, 0.15) is 11.4 Å². The second kappa shape index (κ2) is 6.11. The molecule has 0 aliphatic rings. The molecular weight excluding hydrogens is 330 g/mol. The van der Waals surface area contributed by atoms with E-state index in [2.05, 4.69) is 15.1 Å². The Kier molecular flexibility index (Phi) is 3.76. The highest BCUT2D eigenvalue weighted by atomic mass is 16.5. The van der Waals surface area contributed by atoms with Crippen LogP contribution in [0.4, 0.5) is 5.82 Å². The molecule has 7 nitrogen and oxygen atoms in total. The van der Waals surface area contributed by atoms with Crippen molar-refractivity contribution in [3.8, 4) is 17.0 Å². The Labute approximate surface area is 149 Å². The number of rotatable bonds is 4. The van der Waals surface area contributed by atoms with Crippen LogP contribution in [0.1, 0.15) is 24.2 Å². The van der Waals surface area contributed by atoms with Crippen LogP contribution in [0.3, 0.4) is 0 Å². The summed E-state index contributed by atoms with van der Waals surface area (Å²) in [6, 6.07) is 9.89. The second-order valence-electron chi connectivity index (χ2n) is 5.88. The third-order valence-electron chi connectivity index (χ3n) is 4.18. The average molecular weight is 347 g/mol. The third-order valence-corrected chi connectivity index (χ3v) is 4.18. The maximum Gasteiger partial charge on any atom is 0.230 e. The van der Waals surface area contributed by atoms with Gasteiger partial charge in [0.05, 0.1) is 18.3 Å². The van der Waals surface area contributed by atoms with E-state index in [4.69, 9.17) is 10.5 Å². The molecule has 0 spiro atoms. The van der Waals surface area contributed by atoms with Crippen molar-refractivity contribution in [3.63, 3.8) is 0 Å². The first-order valence-corrected chi connectivity index (χ1v) is 8.26. The van der Waals surface area contributed by atoms with Crippen molar-refractivity contribution in [1.82, 2.24) is 19.6 Å². The van der Waals surface area contributed by atoms with Crippen LogP contribution in [0.5, 0.6) is 5.88 Å². The first-order chi connectivity index (χ1) is 12.6. The second-order valence-corrected chi connectivity index (χ2v) is 5.88. The zero-order valence-corrected chi connectivity index (χ0v) is 14.4. The lowest BCUT2D eigenvalue weighted by molar-refractivity contribution is 0.101. The molecule has 3 heterocycles. The van der Waals surface area contributed by atoms with E-state index in [9.17, 15) is 4.79 Å². The molecule has 0 radical (unpaired) electrons. The zero-order valence-electron chi connectivity index (χ0n) is 14.4. The minimum atomic E-state index is -0.218. The molecule has 0 aliphatic carbocycles. The number of benzene rings is 1. The van der Waals surface area contributed by atoms with Crippen LogP contribution < -0.4 is 10.5 Å². The van der Waals surface area contributed by atoms with Gasteiger partial charge in [-0.15, -0.1) is 0 Å². The molecule has 0 amide bonds. The van der Waals surface area contributed by atoms with Gasteiger partial charge < -0.3 is 10.5 Å². The summed E-state index contributed by atoms with van der Waals surface area (Å²) in [7, 11) is 0. The lowest BCUT2D eigenvalue weighted by Gasteiger charge is -2.11. The van der Waals surface area contributed by atoms with Gasteiger partial charge in [0.15, 0.2) is 11.4 Å². The number of ketones is 1. The van der Waals surface area contributed by atoms with Gasteiger partial charge in [-0.2, -0.15) is 14.6 Å². The van der Waals surface area contributed by atoms with Crippen molar-refractivity contribution in [2.45, 2.75) is 13.8 Å². The lowest BCUT2D eigenvalue weighted by Crippen LogP contribution is -2.12. The smallest absolute Gasteiger partial charge is 0.230 e. The van der Waals surface area contributed by atoms with Crippen LogP contribution in [0, 0.1) is 0 Å². The Morgan fingerprint density at radius 3 is 2.85 bits per heavy atom. The summed E-state index contributed by atoms with van der Waals surface area (Å²) >= 11 is 0. The van der Waals surface area contributed by atoms with Gasteiger partial charge in [-0.05, 0) is 26.0 Å². The molecule has 3 aromatic heterocycles. The fraction of sp³-hybridized carbons (Fsp3) is 0.158. The van der Waals surface area contributed by atoms with E-state index < -0.39 is 0 Å². The number of ether oxygens (including phenoxy) is 1. The van der Waals surface area contributed by atoms with Crippen molar-refractivity contribution in [3.05, 3.63) is 48.3 Å². The predicted molar refractivity (Wildman–Crippen MR) is 99.3 cm³/mol. The Balaban J connectivity index is 1.97. The first kappa shape index (κ1) is 16.0. The molecule has 26 heavy (non-hydrogen) atoms. The number of para-hydroxylation sites is 1. The Morgan fingerprint density at radius 1 is 1.27 bits per heavy atom. The molecule has 0 saturated heterocycles. The number of carbonyl (C=O) groups is 1. The highest BCUT2D eigenvalue weighted by Crippen LogP contribution is 2.31. The average Bonchev–Trinajstić information content (AvgIpc) is 3.05. The summed E-state index contributed by atoms with van der Waals surface area (Å²) in [5.74, 6) is 0.219. The predicted octanol–water partition coefficient (Wildman–Crippen LogP) is 3.13. The van der Waals surface area contributed by atoms with Crippen molar-refractivity contribution < 1.29 is 9.53 Å². The Bertz CT molecular complexity index is 1150. The molecule has 0 bridgehead atoms. The quantitative estimate of drug-likeness (QED) is 0.570. The molecule has 0 unspecified atom stereocenters. The summed E-state index contributed by atoms with van der Waals surface area (Å²) in [6.45, 7) is 3.64. The fourth-order valence-corrected chi connectivity index (χ4v) is 2.99. The van der Waals surface area contributed by atoms with Crippen LogP contribution in [-0.4, -0.2) is 32.0 Å². The van der Waals surface area contributed by atoms with Gasteiger partial charge in [0, 0.05) is 22.7 Å². The summed E-state index contributed by atoms with van der Waals surface area (Å²) < 4.78 is 7.01. The van der Waals surface area contributed by atoms with Gasteiger partial charge in [-0.1, -0.05) is 18.2 Å². The van der Waals surface area contributed by atoms with E-state index in [0.717, 1.165) is 22.0 Å². The molecule has 4 aromatic rings. The topological polar surface area (TPSA) is 95.4 Å². The van der Waals surface area contributed by atoms with E-state index in [1.54, 1.807) is 12.4 Å². The first-order valence-electron chi connectivity index (χ1n) is 8.26. The molecular formula is C19H17N5O2. The van der Waals surface area contributed by atoms with Crippen LogP contribution in [-0.2, 0) is 0 Å². The van der Waals surface area contributed by atoms with Crippen LogP contribution in [0.2, 0.25) is 0 Å². The number of pyridine rings is 1. The largest absolute Gasteiger partial charge is 0.477 e. The Morgan fingerprint density at radius 2 is 2.08 bits per heavy atom. The fourth-order valence-electron chi connectivity index (χ4n) is 2.99. The van der Waals surface area contributed by atoms with E-state index in [1.807, 2.05) is 37.3 Å². The number of Topliss-reactive ketones (excluding diaryl/α,β-unsaturated/α-hetero) is 1. The lowest BCUT2D eigenvalue weighted by atomic mass is 10.1. The number of nitrogens with two attached hydrogens (primary N) is 1. The molecule has 0 atom stereocenters. The summed E-state index contributed by atoms with van der Waals surface area (Å²) in [5.41, 5.74) is 9.48. The van der Waals surface area contributed by atoms with E-state index >= 15 is 0 Å². The third kappa shape index (κ3) is 2.45. The van der Waals surface area contributed by atoms with Gasteiger partial charge in [-0.25, -0.2) is 0 Å². The molecule has 0 aliphatic heterocycles. The van der Waals surface area contributed by atoms with Gasteiger partial charge in [0.25, 0.3) is 0 Å². The van der Waals surface area contributed by atoms with Crippen molar-refractivity contribution in [2.24, 2.45) is 0 Å². The number of hydrogen-bond acceptors (Lipinski definition) is 6. The number of fused-ring (bicyclic) bond motifs is 2. The number of nitrogen functional groups attached to an aromatic ring is 1. The molecule has 1 aromatic carbocycles. The summed E-state index contributed by atoms with van der Waals surface area (Å²) in [4.78, 5) is 21.0.